The molecule has 2 heterocycles. The quantitative estimate of drug-likeness (QED) is 0.732. The number of aliphatic hydroxyl groups is 1. The molecule has 1 aliphatic heterocycles. The van der Waals surface area contributed by atoms with Crippen LogP contribution in [-0.2, 0) is 6.61 Å². The van der Waals surface area contributed by atoms with Crippen molar-refractivity contribution in [1.82, 2.24) is 4.90 Å². The molecular formula is C21H20FNO3S. The van der Waals surface area contributed by atoms with Crippen LogP contribution in [0.2, 0.25) is 0 Å². The molecule has 6 heteroatoms. The highest BCUT2D eigenvalue weighted by Crippen LogP contribution is 2.35. The molecule has 3 aromatic rings. The van der Waals surface area contributed by atoms with Crippen LogP contribution in [0.3, 0.4) is 0 Å². The third-order valence-electron chi connectivity index (χ3n) is 4.84. The summed E-state index contributed by atoms with van der Waals surface area (Å²) in [5.74, 6) is 0.213. The Morgan fingerprint density at radius 2 is 1.89 bits per heavy atom. The van der Waals surface area contributed by atoms with Crippen molar-refractivity contribution >= 4 is 27.3 Å². The van der Waals surface area contributed by atoms with Gasteiger partial charge in [0, 0.05) is 28.7 Å². The monoisotopic (exact) mass is 385 g/mol. The fourth-order valence-electron chi connectivity index (χ4n) is 3.36. The SMILES string of the molecule is O=C(c1sc2cccc(F)c2c1COc1ccccc1)N1CCC(O)CC1. The summed E-state index contributed by atoms with van der Waals surface area (Å²) in [5.41, 5.74) is 0.591. The van der Waals surface area contributed by atoms with Crippen molar-refractivity contribution in [2.24, 2.45) is 0 Å². The molecule has 1 fully saturated rings. The summed E-state index contributed by atoms with van der Waals surface area (Å²) in [6.45, 7) is 1.15. The molecule has 0 bridgehead atoms. The summed E-state index contributed by atoms with van der Waals surface area (Å²) in [4.78, 5) is 15.3. The maximum absolute atomic E-state index is 14.5. The van der Waals surface area contributed by atoms with Gasteiger partial charge in [0.2, 0.25) is 0 Å². The van der Waals surface area contributed by atoms with E-state index in [-0.39, 0.29) is 24.4 Å². The molecule has 0 aliphatic carbocycles. The lowest BCUT2D eigenvalue weighted by Crippen LogP contribution is -2.40. The first-order valence-electron chi connectivity index (χ1n) is 8.98. The summed E-state index contributed by atoms with van der Waals surface area (Å²) in [6, 6.07) is 14.2. The second-order valence-corrected chi connectivity index (χ2v) is 7.70. The number of ether oxygens (including phenoxy) is 1. The Bertz CT molecular complexity index is 949. The van der Waals surface area contributed by atoms with Crippen LogP contribution in [-0.4, -0.2) is 35.1 Å². The van der Waals surface area contributed by atoms with Crippen molar-refractivity contribution in [3.8, 4) is 5.75 Å². The highest BCUT2D eigenvalue weighted by Gasteiger charge is 2.27. The Kier molecular flexibility index (Phi) is 5.09. The Labute approximate surface area is 160 Å². The van der Waals surface area contributed by atoms with E-state index in [0.717, 1.165) is 4.70 Å². The topological polar surface area (TPSA) is 49.8 Å². The largest absolute Gasteiger partial charge is 0.489 e. The lowest BCUT2D eigenvalue weighted by atomic mass is 10.1. The first-order valence-corrected chi connectivity index (χ1v) is 9.80. The third kappa shape index (κ3) is 3.68. The number of nitrogens with zero attached hydrogens (tertiary/aromatic N) is 1. The number of amides is 1. The van der Waals surface area contributed by atoms with E-state index in [1.807, 2.05) is 36.4 Å². The Hall–Kier alpha value is -2.44. The summed E-state index contributed by atoms with van der Waals surface area (Å²) < 4.78 is 21.1. The van der Waals surface area contributed by atoms with Crippen LogP contribution in [0, 0.1) is 5.82 Å². The number of benzene rings is 2. The Morgan fingerprint density at radius 3 is 2.63 bits per heavy atom. The van der Waals surface area contributed by atoms with Crippen LogP contribution in [0.5, 0.6) is 5.75 Å². The normalized spacial score (nSPS) is 15.3. The molecule has 0 spiro atoms. The Morgan fingerprint density at radius 1 is 1.15 bits per heavy atom. The molecule has 4 nitrogen and oxygen atoms in total. The zero-order valence-corrected chi connectivity index (χ0v) is 15.5. The predicted octanol–water partition coefficient (Wildman–Crippen LogP) is 4.22. The molecule has 1 N–H and O–H groups in total. The van der Waals surface area contributed by atoms with Crippen LogP contribution >= 0.6 is 11.3 Å². The van der Waals surface area contributed by atoms with E-state index in [0.29, 0.717) is 47.5 Å². The summed E-state index contributed by atoms with van der Waals surface area (Å²) in [7, 11) is 0. The van der Waals surface area contributed by atoms with Gasteiger partial charge >= 0.3 is 0 Å². The van der Waals surface area contributed by atoms with E-state index >= 15 is 0 Å². The highest BCUT2D eigenvalue weighted by molar-refractivity contribution is 7.21. The van der Waals surface area contributed by atoms with Gasteiger partial charge in [0.15, 0.2) is 0 Å². The van der Waals surface area contributed by atoms with Gasteiger partial charge in [-0.1, -0.05) is 24.3 Å². The number of thiophene rings is 1. The number of carbonyl (C=O) groups excluding carboxylic acids is 1. The number of para-hydroxylation sites is 1. The van der Waals surface area contributed by atoms with E-state index in [2.05, 4.69) is 0 Å². The maximum atomic E-state index is 14.5. The lowest BCUT2D eigenvalue weighted by molar-refractivity contribution is 0.0549. The summed E-state index contributed by atoms with van der Waals surface area (Å²) >= 11 is 1.30. The highest BCUT2D eigenvalue weighted by atomic mass is 32.1. The zero-order valence-electron chi connectivity index (χ0n) is 14.7. The fraction of sp³-hybridized carbons (Fsp3) is 0.286. The van der Waals surface area contributed by atoms with Crippen molar-refractivity contribution in [3.63, 3.8) is 0 Å². The van der Waals surface area contributed by atoms with Gasteiger partial charge < -0.3 is 14.7 Å². The predicted molar refractivity (Wildman–Crippen MR) is 104 cm³/mol. The molecule has 4 rings (SSSR count). The minimum Gasteiger partial charge on any atom is -0.489 e. The molecule has 0 saturated carbocycles. The second-order valence-electron chi connectivity index (χ2n) is 6.65. The van der Waals surface area contributed by atoms with E-state index in [1.54, 1.807) is 11.0 Å². The van der Waals surface area contributed by atoms with Crippen LogP contribution in [0.1, 0.15) is 28.1 Å². The molecule has 140 valence electrons. The molecule has 0 radical (unpaired) electrons. The number of hydrogen-bond donors (Lipinski definition) is 1. The smallest absolute Gasteiger partial charge is 0.264 e. The van der Waals surface area contributed by atoms with E-state index in [9.17, 15) is 14.3 Å². The summed E-state index contributed by atoms with van der Waals surface area (Å²) in [6.07, 6.45) is 0.789. The minimum atomic E-state index is -0.352. The number of hydrogen-bond acceptors (Lipinski definition) is 4. The lowest BCUT2D eigenvalue weighted by Gasteiger charge is -2.29. The van der Waals surface area contributed by atoms with Crippen LogP contribution in [0.25, 0.3) is 10.1 Å². The molecular weight excluding hydrogens is 365 g/mol. The number of likely N-dealkylation sites (tertiary alicyclic amines) is 1. The molecule has 27 heavy (non-hydrogen) atoms. The first kappa shape index (κ1) is 17.9. The van der Waals surface area contributed by atoms with Crippen LogP contribution < -0.4 is 4.74 Å². The molecule has 1 aliphatic rings. The van der Waals surface area contributed by atoms with Crippen molar-refractivity contribution < 1.29 is 19.0 Å². The van der Waals surface area contributed by atoms with Gasteiger partial charge in [-0.05, 0) is 37.1 Å². The van der Waals surface area contributed by atoms with Crippen molar-refractivity contribution in [3.05, 3.63) is 64.8 Å². The molecule has 2 aromatic carbocycles. The van der Waals surface area contributed by atoms with Crippen molar-refractivity contribution in [1.29, 1.82) is 0 Å². The van der Waals surface area contributed by atoms with Crippen molar-refractivity contribution in [2.45, 2.75) is 25.6 Å². The Balaban J connectivity index is 1.68. The zero-order chi connectivity index (χ0) is 18.8. The van der Waals surface area contributed by atoms with E-state index in [1.165, 1.54) is 17.4 Å². The number of rotatable bonds is 4. The van der Waals surface area contributed by atoms with Gasteiger partial charge in [0.05, 0.1) is 11.0 Å². The molecule has 0 atom stereocenters. The summed E-state index contributed by atoms with van der Waals surface area (Å²) in [5, 5.41) is 10.1. The van der Waals surface area contributed by atoms with Gasteiger partial charge in [-0.15, -0.1) is 11.3 Å². The number of piperidine rings is 1. The second kappa shape index (κ2) is 7.66. The fourth-order valence-corrected chi connectivity index (χ4v) is 4.55. The maximum Gasteiger partial charge on any atom is 0.264 e. The average molecular weight is 385 g/mol. The molecule has 1 aromatic heterocycles. The van der Waals surface area contributed by atoms with Gasteiger partial charge in [0.1, 0.15) is 18.2 Å². The minimum absolute atomic E-state index is 0.117. The van der Waals surface area contributed by atoms with Gasteiger partial charge in [-0.25, -0.2) is 4.39 Å². The number of halogens is 1. The van der Waals surface area contributed by atoms with Crippen LogP contribution in [0.4, 0.5) is 4.39 Å². The molecule has 1 amide bonds. The van der Waals surface area contributed by atoms with Gasteiger partial charge in [-0.3, -0.25) is 4.79 Å². The number of carbonyl (C=O) groups is 1. The van der Waals surface area contributed by atoms with E-state index < -0.39 is 0 Å². The third-order valence-corrected chi connectivity index (χ3v) is 6.02. The van der Waals surface area contributed by atoms with Crippen molar-refractivity contribution in [2.75, 3.05) is 13.1 Å². The number of aliphatic hydroxyl groups excluding tert-OH is 1. The standard InChI is InChI=1S/C21H20FNO3S/c22-17-7-4-8-18-19(17)16(13-26-15-5-2-1-3-6-15)20(27-18)21(25)23-11-9-14(24)10-12-23/h1-8,14,24H,9-13H2. The molecule has 0 unspecified atom stereocenters. The first-order chi connectivity index (χ1) is 13.1. The average Bonchev–Trinajstić information content (AvgIpc) is 3.07. The number of fused-ring (bicyclic) bond motifs is 1. The molecule has 1 saturated heterocycles. The van der Waals surface area contributed by atoms with E-state index in [4.69, 9.17) is 4.74 Å². The van der Waals surface area contributed by atoms with Gasteiger partial charge in [-0.2, -0.15) is 0 Å². The van der Waals surface area contributed by atoms with Gasteiger partial charge in [0.25, 0.3) is 5.91 Å². The van der Waals surface area contributed by atoms with Crippen LogP contribution in [0.15, 0.2) is 48.5 Å².